The fourth-order valence-electron chi connectivity index (χ4n) is 1.39. The van der Waals surface area contributed by atoms with E-state index in [-0.39, 0.29) is 22.4 Å². The van der Waals surface area contributed by atoms with Gasteiger partial charge in [0, 0.05) is 21.9 Å². The minimum atomic E-state index is -0.561. The number of nitrogens with one attached hydrogen (secondary N) is 1. The predicted molar refractivity (Wildman–Crippen MR) is 80.8 cm³/mol. The zero-order valence-electron chi connectivity index (χ0n) is 9.71. The lowest BCUT2D eigenvalue weighted by molar-refractivity contribution is -0.384. The second-order valence-corrected chi connectivity index (χ2v) is 5.09. The quantitative estimate of drug-likeness (QED) is 0.367. The van der Waals surface area contributed by atoms with E-state index in [9.17, 15) is 14.9 Å². The first-order valence-corrected chi connectivity index (χ1v) is 6.67. The molecule has 102 valence electrons. The van der Waals surface area contributed by atoms with Gasteiger partial charge in [0.15, 0.2) is 0 Å². The van der Waals surface area contributed by atoms with Crippen LogP contribution in [0.1, 0.15) is 10.4 Å². The van der Waals surface area contributed by atoms with Gasteiger partial charge in [-0.25, -0.2) is 9.97 Å². The van der Waals surface area contributed by atoms with Crippen LogP contribution in [0.15, 0.2) is 30.5 Å². The summed E-state index contributed by atoms with van der Waals surface area (Å²) in [6.45, 7) is 0. The number of rotatable bonds is 3. The van der Waals surface area contributed by atoms with Crippen molar-refractivity contribution in [1.82, 2.24) is 9.97 Å². The number of nitro benzene ring substituents is 1. The fraction of sp³-hybridized carbons (Fsp3) is 0. The van der Waals surface area contributed by atoms with Gasteiger partial charge in [0.1, 0.15) is 5.82 Å². The Balaban J connectivity index is 2.29. The largest absolute Gasteiger partial charge is 0.306 e. The summed E-state index contributed by atoms with van der Waals surface area (Å²) < 4.78 is 0.589. The van der Waals surface area contributed by atoms with Crippen LogP contribution >= 0.6 is 34.2 Å². The Labute approximate surface area is 131 Å². The molecule has 0 radical (unpaired) electrons. The monoisotopic (exact) mass is 404 g/mol. The molecule has 0 saturated heterocycles. The molecule has 2 aromatic rings. The third kappa shape index (κ3) is 3.39. The number of carbonyl (C=O) groups excluding carboxylic acids is 1. The molecule has 2 rings (SSSR count). The minimum Gasteiger partial charge on any atom is -0.306 e. The molecule has 1 heterocycles. The van der Waals surface area contributed by atoms with Gasteiger partial charge in [-0.2, -0.15) is 0 Å². The summed E-state index contributed by atoms with van der Waals surface area (Å²) in [5.41, 5.74) is 0.0332. The van der Waals surface area contributed by atoms with Crippen molar-refractivity contribution in [3.05, 3.63) is 55.0 Å². The van der Waals surface area contributed by atoms with Gasteiger partial charge in [0.05, 0.1) is 10.5 Å². The second-order valence-electron chi connectivity index (χ2n) is 3.59. The maximum absolute atomic E-state index is 12.1. The number of nitro groups is 1. The first-order chi connectivity index (χ1) is 9.47. The number of aromatic nitrogens is 2. The van der Waals surface area contributed by atoms with Crippen molar-refractivity contribution >= 4 is 51.6 Å². The van der Waals surface area contributed by atoms with E-state index in [1.54, 1.807) is 0 Å². The van der Waals surface area contributed by atoms with Crippen LogP contribution < -0.4 is 5.32 Å². The van der Waals surface area contributed by atoms with Gasteiger partial charge in [-0.15, -0.1) is 0 Å². The highest BCUT2D eigenvalue weighted by Gasteiger charge is 2.16. The zero-order chi connectivity index (χ0) is 14.7. The summed E-state index contributed by atoms with van der Waals surface area (Å²) in [5, 5.41) is 13.2. The molecular formula is C11H6ClIN4O3. The summed E-state index contributed by atoms with van der Waals surface area (Å²) in [7, 11) is 0. The summed E-state index contributed by atoms with van der Waals surface area (Å²) in [6.07, 6.45) is 1.39. The lowest BCUT2D eigenvalue weighted by Crippen LogP contribution is -2.14. The summed E-state index contributed by atoms with van der Waals surface area (Å²) in [4.78, 5) is 29.7. The Morgan fingerprint density at radius 2 is 2.15 bits per heavy atom. The number of nitrogens with zero attached hydrogens (tertiary/aromatic N) is 3. The molecule has 1 N–H and O–H groups in total. The van der Waals surface area contributed by atoms with Crippen LogP contribution in [0.3, 0.4) is 0 Å². The molecule has 1 aromatic carbocycles. The normalized spacial score (nSPS) is 10.1. The molecule has 0 spiro atoms. The summed E-state index contributed by atoms with van der Waals surface area (Å²) in [6, 6.07) is 5.51. The van der Waals surface area contributed by atoms with Crippen LogP contribution in [-0.4, -0.2) is 20.8 Å². The van der Waals surface area contributed by atoms with Gasteiger partial charge in [-0.1, -0.05) is 0 Å². The molecule has 0 unspecified atom stereocenters. The standard InChI is InChI=1S/C11H6ClIN4O3/c12-11-14-4-3-9(16-11)15-10(18)7-5-6(17(19)20)1-2-8(7)13/h1-5H,(H,14,15,16,18). The Morgan fingerprint density at radius 3 is 2.80 bits per heavy atom. The van der Waals surface area contributed by atoms with E-state index in [0.717, 1.165) is 0 Å². The smallest absolute Gasteiger partial charge is 0.270 e. The molecule has 0 bridgehead atoms. The van der Waals surface area contributed by atoms with Gasteiger partial charge in [0.2, 0.25) is 5.28 Å². The van der Waals surface area contributed by atoms with E-state index < -0.39 is 10.8 Å². The number of carbonyl (C=O) groups is 1. The molecule has 0 aliphatic heterocycles. The Bertz CT molecular complexity index is 695. The SMILES string of the molecule is O=C(Nc1ccnc(Cl)n1)c1cc([N+](=O)[O-])ccc1I. The second kappa shape index (κ2) is 6.09. The molecule has 0 aliphatic rings. The van der Waals surface area contributed by atoms with Crippen molar-refractivity contribution in [2.45, 2.75) is 0 Å². The van der Waals surface area contributed by atoms with Crippen molar-refractivity contribution in [2.75, 3.05) is 5.32 Å². The average molecular weight is 405 g/mol. The minimum absolute atomic E-state index is 0.00320. The molecule has 0 aliphatic carbocycles. The first-order valence-electron chi connectivity index (χ1n) is 5.21. The molecule has 20 heavy (non-hydrogen) atoms. The van der Waals surface area contributed by atoms with Gasteiger partial charge in [-0.05, 0) is 46.3 Å². The molecule has 1 amide bonds. The van der Waals surface area contributed by atoms with Gasteiger partial charge < -0.3 is 5.32 Å². The van der Waals surface area contributed by atoms with Crippen molar-refractivity contribution in [3.63, 3.8) is 0 Å². The van der Waals surface area contributed by atoms with E-state index >= 15 is 0 Å². The van der Waals surface area contributed by atoms with Gasteiger partial charge >= 0.3 is 0 Å². The number of amides is 1. The molecule has 7 nitrogen and oxygen atoms in total. The van der Waals surface area contributed by atoms with Crippen molar-refractivity contribution < 1.29 is 9.72 Å². The molecule has 0 fully saturated rings. The molecule has 9 heteroatoms. The van der Waals surface area contributed by atoms with E-state index in [4.69, 9.17) is 11.6 Å². The first kappa shape index (κ1) is 14.6. The van der Waals surface area contributed by atoms with E-state index in [0.29, 0.717) is 3.57 Å². The Kier molecular flexibility index (Phi) is 4.45. The van der Waals surface area contributed by atoms with E-state index in [1.807, 2.05) is 22.6 Å². The third-order valence-corrected chi connectivity index (χ3v) is 3.40. The molecule has 0 saturated carbocycles. The van der Waals surface area contributed by atoms with E-state index in [2.05, 4.69) is 15.3 Å². The fourth-order valence-corrected chi connectivity index (χ4v) is 2.12. The highest BCUT2D eigenvalue weighted by molar-refractivity contribution is 14.1. The molecule has 0 atom stereocenters. The lowest BCUT2D eigenvalue weighted by atomic mass is 10.2. The lowest BCUT2D eigenvalue weighted by Gasteiger charge is -2.06. The number of hydrogen-bond donors (Lipinski definition) is 1. The van der Waals surface area contributed by atoms with Crippen LogP contribution in [-0.2, 0) is 0 Å². The van der Waals surface area contributed by atoms with Crippen molar-refractivity contribution in [2.24, 2.45) is 0 Å². The van der Waals surface area contributed by atoms with Crippen LogP contribution in [0.5, 0.6) is 0 Å². The van der Waals surface area contributed by atoms with Crippen LogP contribution in [0.2, 0.25) is 5.28 Å². The number of benzene rings is 1. The van der Waals surface area contributed by atoms with Crippen molar-refractivity contribution in [1.29, 1.82) is 0 Å². The third-order valence-electron chi connectivity index (χ3n) is 2.27. The summed E-state index contributed by atoms with van der Waals surface area (Å²) in [5.74, 6) is -0.287. The maximum atomic E-state index is 12.1. The van der Waals surface area contributed by atoms with Crippen LogP contribution in [0, 0.1) is 13.7 Å². The number of anilines is 1. The average Bonchev–Trinajstić information content (AvgIpc) is 2.38. The molecule has 1 aromatic heterocycles. The maximum Gasteiger partial charge on any atom is 0.270 e. The van der Waals surface area contributed by atoms with Crippen LogP contribution in [0.25, 0.3) is 0 Å². The molecular weight excluding hydrogens is 399 g/mol. The highest BCUT2D eigenvalue weighted by atomic mass is 127. The number of hydrogen-bond acceptors (Lipinski definition) is 5. The number of non-ortho nitro benzene ring substituents is 1. The topological polar surface area (TPSA) is 98.0 Å². The Morgan fingerprint density at radius 1 is 1.40 bits per heavy atom. The van der Waals surface area contributed by atoms with Gasteiger partial charge in [-0.3, -0.25) is 14.9 Å². The Hall–Kier alpha value is -1.81. The summed E-state index contributed by atoms with van der Waals surface area (Å²) >= 11 is 7.53. The van der Waals surface area contributed by atoms with Gasteiger partial charge in [0.25, 0.3) is 11.6 Å². The zero-order valence-corrected chi connectivity index (χ0v) is 12.6. The van der Waals surface area contributed by atoms with Crippen LogP contribution in [0.4, 0.5) is 11.5 Å². The number of halogens is 2. The predicted octanol–water partition coefficient (Wildman–Crippen LogP) is 2.90. The van der Waals surface area contributed by atoms with Crippen molar-refractivity contribution in [3.8, 4) is 0 Å². The highest BCUT2D eigenvalue weighted by Crippen LogP contribution is 2.20. The van der Waals surface area contributed by atoms with E-state index in [1.165, 1.54) is 30.5 Å².